The lowest BCUT2D eigenvalue weighted by Gasteiger charge is -2.17. The molecule has 2 nitrogen and oxygen atoms in total. The second kappa shape index (κ2) is 6.53. The van der Waals surface area contributed by atoms with Crippen molar-refractivity contribution in [3.8, 4) is 0 Å². The molecular weight excluding hydrogens is 304 g/mol. The topological polar surface area (TPSA) is 37.3 Å². The molecule has 0 fully saturated rings. The van der Waals surface area contributed by atoms with Gasteiger partial charge < -0.3 is 5.11 Å². The Morgan fingerprint density at radius 2 is 1.68 bits per heavy atom. The van der Waals surface area contributed by atoms with Gasteiger partial charge in [-0.3, -0.25) is 4.79 Å². The Morgan fingerprint density at radius 1 is 1.05 bits per heavy atom. The van der Waals surface area contributed by atoms with E-state index in [4.69, 9.17) is 5.11 Å². The molecule has 98 valence electrons. The van der Waals surface area contributed by atoms with Crippen LogP contribution >= 0.6 is 15.9 Å². The van der Waals surface area contributed by atoms with E-state index in [0.29, 0.717) is 0 Å². The number of rotatable bonds is 5. The van der Waals surface area contributed by atoms with Crippen molar-refractivity contribution in [2.45, 2.75) is 18.8 Å². The van der Waals surface area contributed by atoms with E-state index in [9.17, 15) is 4.79 Å². The number of hydrogen-bond donors (Lipinski definition) is 1. The first-order valence-corrected chi connectivity index (χ1v) is 6.96. The Morgan fingerprint density at radius 3 is 2.32 bits per heavy atom. The Labute approximate surface area is 121 Å². The Bertz CT molecular complexity index is 552. The number of carboxylic acid groups (broad SMARTS) is 1. The molecule has 0 spiro atoms. The van der Waals surface area contributed by atoms with Gasteiger partial charge in [0, 0.05) is 4.47 Å². The number of aliphatic carboxylic acids is 1. The largest absolute Gasteiger partial charge is 0.481 e. The van der Waals surface area contributed by atoms with E-state index >= 15 is 0 Å². The van der Waals surface area contributed by atoms with E-state index in [1.54, 1.807) is 0 Å². The molecule has 0 saturated carbocycles. The summed E-state index contributed by atoms with van der Waals surface area (Å²) in [6.07, 6.45) is 0.868. The molecule has 0 bridgehead atoms. The summed E-state index contributed by atoms with van der Waals surface area (Å²) in [5.74, 6) is -0.785. The van der Waals surface area contributed by atoms with Gasteiger partial charge in [-0.15, -0.1) is 0 Å². The highest BCUT2D eigenvalue weighted by atomic mass is 79.9. The van der Waals surface area contributed by atoms with Gasteiger partial charge in [-0.25, -0.2) is 0 Å². The van der Waals surface area contributed by atoms with Crippen molar-refractivity contribution in [3.63, 3.8) is 0 Å². The predicted molar refractivity (Wildman–Crippen MR) is 79.3 cm³/mol. The molecule has 2 rings (SSSR count). The number of hydrogen-bond acceptors (Lipinski definition) is 1. The van der Waals surface area contributed by atoms with Crippen LogP contribution in [0.1, 0.15) is 23.5 Å². The molecule has 0 heterocycles. The van der Waals surface area contributed by atoms with Gasteiger partial charge in [-0.05, 0) is 29.5 Å². The average Bonchev–Trinajstić information content (AvgIpc) is 2.39. The smallest absolute Gasteiger partial charge is 0.303 e. The standard InChI is InChI=1S/C16H15BrO2/c17-15-9-5-4-8-14(15)13(11-16(18)19)10-12-6-2-1-3-7-12/h1-9,13H,10-11H2,(H,18,19). The third kappa shape index (κ3) is 3.93. The van der Waals surface area contributed by atoms with Crippen LogP contribution in [-0.2, 0) is 11.2 Å². The average molecular weight is 319 g/mol. The molecule has 1 N–H and O–H groups in total. The number of carbonyl (C=O) groups is 1. The van der Waals surface area contributed by atoms with Gasteiger partial charge in [0.1, 0.15) is 0 Å². The minimum atomic E-state index is -0.767. The van der Waals surface area contributed by atoms with Crippen LogP contribution in [-0.4, -0.2) is 11.1 Å². The lowest BCUT2D eigenvalue weighted by molar-refractivity contribution is -0.137. The maximum Gasteiger partial charge on any atom is 0.303 e. The van der Waals surface area contributed by atoms with Gasteiger partial charge in [0.2, 0.25) is 0 Å². The first kappa shape index (κ1) is 13.8. The fraction of sp³-hybridized carbons (Fsp3) is 0.188. The highest BCUT2D eigenvalue weighted by molar-refractivity contribution is 9.10. The third-order valence-corrected chi connectivity index (χ3v) is 3.81. The van der Waals surface area contributed by atoms with Crippen molar-refractivity contribution in [3.05, 3.63) is 70.2 Å². The zero-order chi connectivity index (χ0) is 13.7. The molecule has 0 amide bonds. The monoisotopic (exact) mass is 318 g/mol. The number of benzene rings is 2. The fourth-order valence-corrected chi connectivity index (χ4v) is 2.82. The van der Waals surface area contributed by atoms with Crippen molar-refractivity contribution in [2.75, 3.05) is 0 Å². The highest BCUT2D eigenvalue weighted by Gasteiger charge is 2.18. The van der Waals surface area contributed by atoms with Crippen LogP contribution < -0.4 is 0 Å². The molecule has 0 aromatic heterocycles. The first-order valence-electron chi connectivity index (χ1n) is 6.17. The SMILES string of the molecule is O=C(O)CC(Cc1ccccc1)c1ccccc1Br. The second-order valence-electron chi connectivity index (χ2n) is 4.51. The summed E-state index contributed by atoms with van der Waals surface area (Å²) in [4.78, 5) is 11.1. The van der Waals surface area contributed by atoms with Crippen LogP contribution in [0, 0.1) is 0 Å². The quantitative estimate of drug-likeness (QED) is 0.894. The third-order valence-electron chi connectivity index (χ3n) is 3.09. The summed E-state index contributed by atoms with van der Waals surface area (Å²) in [6, 6.07) is 17.8. The lowest BCUT2D eigenvalue weighted by atomic mass is 9.89. The zero-order valence-electron chi connectivity index (χ0n) is 10.4. The van der Waals surface area contributed by atoms with E-state index in [2.05, 4.69) is 15.9 Å². The van der Waals surface area contributed by atoms with Crippen molar-refractivity contribution in [1.82, 2.24) is 0 Å². The summed E-state index contributed by atoms with van der Waals surface area (Å²) in [6.45, 7) is 0. The normalized spacial score (nSPS) is 12.1. The van der Waals surface area contributed by atoms with Gasteiger partial charge in [-0.2, -0.15) is 0 Å². The minimum absolute atomic E-state index is 0.0181. The molecule has 0 aliphatic carbocycles. The van der Waals surface area contributed by atoms with E-state index in [1.165, 1.54) is 0 Å². The van der Waals surface area contributed by atoms with Gasteiger partial charge in [0.25, 0.3) is 0 Å². The van der Waals surface area contributed by atoms with Crippen molar-refractivity contribution < 1.29 is 9.90 Å². The molecule has 1 unspecified atom stereocenters. The molecule has 19 heavy (non-hydrogen) atoms. The molecule has 0 saturated heterocycles. The molecule has 3 heteroatoms. The zero-order valence-corrected chi connectivity index (χ0v) is 12.0. The van der Waals surface area contributed by atoms with Gasteiger partial charge in [0.15, 0.2) is 0 Å². The number of halogens is 1. The molecule has 2 aromatic rings. The fourth-order valence-electron chi connectivity index (χ4n) is 2.21. The first-order chi connectivity index (χ1) is 9.16. The van der Waals surface area contributed by atoms with Crippen LogP contribution in [0.5, 0.6) is 0 Å². The summed E-state index contributed by atoms with van der Waals surface area (Å²) in [5.41, 5.74) is 2.21. The minimum Gasteiger partial charge on any atom is -0.481 e. The summed E-state index contributed by atoms with van der Waals surface area (Å²) in [5, 5.41) is 9.10. The molecule has 1 atom stereocenters. The van der Waals surface area contributed by atoms with E-state index < -0.39 is 5.97 Å². The van der Waals surface area contributed by atoms with E-state index in [-0.39, 0.29) is 12.3 Å². The van der Waals surface area contributed by atoms with Crippen LogP contribution in [0.15, 0.2) is 59.1 Å². The predicted octanol–water partition coefficient (Wildman–Crippen LogP) is 4.25. The summed E-state index contributed by atoms with van der Waals surface area (Å²) in [7, 11) is 0. The van der Waals surface area contributed by atoms with Crippen molar-refractivity contribution in [2.24, 2.45) is 0 Å². The molecule has 0 radical (unpaired) electrons. The highest BCUT2D eigenvalue weighted by Crippen LogP contribution is 2.30. The van der Waals surface area contributed by atoms with Crippen molar-refractivity contribution in [1.29, 1.82) is 0 Å². The van der Waals surface area contributed by atoms with E-state index in [1.807, 2.05) is 54.6 Å². The second-order valence-corrected chi connectivity index (χ2v) is 5.36. The molecular formula is C16H15BrO2. The van der Waals surface area contributed by atoms with Crippen molar-refractivity contribution >= 4 is 21.9 Å². The Hall–Kier alpha value is -1.61. The molecule has 0 aliphatic heterocycles. The van der Waals surface area contributed by atoms with Crippen LogP contribution in [0.3, 0.4) is 0 Å². The summed E-state index contributed by atoms with van der Waals surface area (Å²) < 4.78 is 0.970. The van der Waals surface area contributed by atoms with Crippen LogP contribution in [0.25, 0.3) is 0 Å². The maximum atomic E-state index is 11.1. The van der Waals surface area contributed by atoms with Crippen LogP contribution in [0.2, 0.25) is 0 Å². The van der Waals surface area contributed by atoms with Gasteiger partial charge >= 0.3 is 5.97 Å². The van der Waals surface area contributed by atoms with Gasteiger partial charge in [-0.1, -0.05) is 64.5 Å². The Balaban J connectivity index is 2.26. The van der Waals surface area contributed by atoms with Gasteiger partial charge in [0.05, 0.1) is 6.42 Å². The van der Waals surface area contributed by atoms with Crippen LogP contribution in [0.4, 0.5) is 0 Å². The number of carboxylic acids is 1. The molecule has 2 aromatic carbocycles. The summed E-state index contributed by atoms with van der Waals surface area (Å²) >= 11 is 3.51. The van der Waals surface area contributed by atoms with E-state index in [0.717, 1.165) is 22.0 Å². The lowest BCUT2D eigenvalue weighted by Crippen LogP contribution is -2.10. The maximum absolute atomic E-state index is 11.1. The Kier molecular flexibility index (Phi) is 4.74. The molecule has 0 aliphatic rings.